The van der Waals surface area contributed by atoms with Gasteiger partial charge in [-0.15, -0.1) is 0 Å². The number of carboxylic acids is 1. The molecule has 1 saturated carbocycles. The average Bonchev–Trinajstić information content (AvgIpc) is 2.39. The van der Waals surface area contributed by atoms with Crippen molar-refractivity contribution in [3.8, 4) is 0 Å². The Morgan fingerprint density at radius 3 is 2.53 bits per heavy atom. The van der Waals surface area contributed by atoms with Crippen molar-refractivity contribution in [1.82, 2.24) is 0 Å². The highest BCUT2D eigenvalue weighted by Gasteiger charge is 2.46. The van der Waals surface area contributed by atoms with Crippen molar-refractivity contribution >= 4 is 5.97 Å². The van der Waals surface area contributed by atoms with Gasteiger partial charge in [0.05, 0.1) is 5.41 Å². The number of carbonyl (C=O) groups is 1. The van der Waals surface area contributed by atoms with Crippen LogP contribution in [0.2, 0.25) is 0 Å². The van der Waals surface area contributed by atoms with Crippen LogP contribution in [0.25, 0.3) is 0 Å². The van der Waals surface area contributed by atoms with Gasteiger partial charge >= 0.3 is 5.97 Å². The van der Waals surface area contributed by atoms with E-state index in [-0.39, 0.29) is 5.92 Å². The molecule has 0 radical (unpaired) electrons. The zero-order chi connectivity index (χ0) is 12.3. The van der Waals surface area contributed by atoms with Crippen molar-refractivity contribution < 1.29 is 9.90 Å². The van der Waals surface area contributed by atoms with Crippen LogP contribution in [0.4, 0.5) is 0 Å². The minimum Gasteiger partial charge on any atom is -0.481 e. The number of carboxylic acid groups (broad SMARTS) is 1. The van der Waals surface area contributed by atoms with E-state index >= 15 is 0 Å². The Bertz CT molecular complexity index is 298. The second-order valence-corrected chi connectivity index (χ2v) is 5.78. The second kappa shape index (κ2) is 5.24. The Balaban J connectivity index is 2.13. The van der Waals surface area contributed by atoms with Gasteiger partial charge in [-0.25, -0.2) is 0 Å². The van der Waals surface area contributed by atoms with Gasteiger partial charge in [0.1, 0.15) is 0 Å². The summed E-state index contributed by atoms with van der Waals surface area (Å²) in [5, 5.41) is 9.67. The fraction of sp³-hybridized carbons (Fsp3) is 0.800. The van der Waals surface area contributed by atoms with Gasteiger partial charge in [-0.2, -0.15) is 0 Å². The fourth-order valence-corrected chi connectivity index (χ4v) is 3.62. The Labute approximate surface area is 104 Å². The predicted molar refractivity (Wildman–Crippen MR) is 68.8 cm³/mol. The van der Waals surface area contributed by atoms with Crippen LogP contribution in [-0.2, 0) is 4.79 Å². The molecule has 0 spiro atoms. The van der Waals surface area contributed by atoms with Gasteiger partial charge in [0.15, 0.2) is 0 Å². The molecule has 0 aromatic rings. The summed E-state index contributed by atoms with van der Waals surface area (Å²) < 4.78 is 0. The van der Waals surface area contributed by atoms with E-state index in [1.165, 1.54) is 6.42 Å². The van der Waals surface area contributed by atoms with Crippen molar-refractivity contribution in [2.75, 3.05) is 0 Å². The molecule has 1 atom stereocenters. The summed E-state index contributed by atoms with van der Waals surface area (Å²) in [5.41, 5.74) is -0.442. The predicted octanol–water partition coefficient (Wildman–Crippen LogP) is 4.01. The van der Waals surface area contributed by atoms with Crippen molar-refractivity contribution in [3.63, 3.8) is 0 Å². The van der Waals surface area contributed by atoms with Gasteiger partial charge in [-0.05, 0) is 56.8 Å². The number of aliphatic carboxylic acids is 1. The van der Waals surface area contributed by atoms with E-state index in [0.717, 1.165) is 50.9 Å². The van der Waals surface area contributed by atoms with Crippen LogP contribution in [0.5, 0.6) is 0 Å². The quantitative estimate of drug-likeness (QED) is 0.752. The summed E-state index contributed by atoms with van der Waals surface area (Å²) in [6.07, 6.45) is 12.9. The number of allylic oxidation sites excluding steroid dienone is 2. The highest BCUT2D eigenvalue weighted by molar-refractivity contribution is 5.75. The zero-order valence-corrected chi connectivity index (χ0v) is 10.8. The molecule has 0 amide bonds. The van der Waals surface area contributed by atoms with E-state index in [2.05, 4.69) is 19.1 Å². The smallest absolute Gasteiger partial charge is 0.310 e. The second-order valence-electron chi connectivity index (χ2n) is 5.78. The Morgan fingerprint density at radius 1 is 1.35 bits per heavy atom. The summed E-state index contributed by atoms with van der Waals surface area (Å²) in [6, 6.07) is 0. The third kappa shape index (κ3) is 2.41. The zero-order valence-electron chi connectivity index (χ0n) is 10.8. The molecule has 0 aromatic carbocycles. The first-order chi connectivity index (χ1) is 8.19. The monoisotopic (exact) mass is 236 g/mol. The molecule has 0 bridgehead atoms. The van der Waals surface area contributed by atoms with Gasteiger partial charge in [-0.3, -0.25) is 4.79 Å². The molecule has 0 aromatic heterocycles. The molecule has 2 aliphatic rings. The maximum absolute atomic E-state index is 11.7. The maximum atomic E-state index is 11.7. The lowest BCUT2D eigenvalue weighted by atomic mass is 9.61. The van der Waals surface area contributed by atoms with E-state index in [0.29, 0.717) is 0 Å². The molecular weight excluding hydrogens is 212 g/mol. The minimum atomic E-state index is -0.552. The molecule has 1 N–H and O–H groups in total. The SMILES string of the molecule is CCC1CCC(C(=O)O)(C2C=CCCC2)CC1. The van der Waals surface area contributed by atoms with Crippen LogP contribution in [0.3, 0.4) is 0 Å². The lowest BCUT2D eigenvalue weighted by Crippen LogP contribution is -2.41. The third-order valence-corrected chi connectivity index (χ3v) is 4.96. The molecule has 0 heterocycles. The normalized spacial score (nSPS) is 37.9. The summed E-state index contributed by atoms with van der Waals surface area (Å²) in [5.74, 6) is 0.491. The Morgan fingerprint density at radius 2 is 2.06 bits per heavy atom. The van der Waals surface area contributed by atoms with Crippen LogP contribution in [0, 0.1) is 17.3 Å². The highest BCUT2D eigenvalue weighted by atomic mass is 16.4. The maximum Gasteiger partial charge on any atom is 0.310 e. The van der Waals surface area contributed by atoms with E-state index < -0.39 is 11.4 Å². The molecule has 2 aliphatic carbocycles. The summed E-state index contributed by atoms with van der Waals surface area (Å²) in [7, 11) is 0. The fourth-order valence-electron chi connectivity index (χ4n) is 3.62. The third-order valence-electron chi connectivity index (χ3n) is 4.96. The number of hydrogen-bond donors (Lipinski definition) is 1. The molecule has 2 nitrogen and oxygen atoms in total. The van der Waals surface area contributed by atoms with Gasteiger partial charge in [-0.1, -0.05) is 25.5 Å². The van der Waals surface area contributed by atoms with Crippen molar-refractivity contribution in [1.29, 1.82) is 0 Å². The number of rotatable bonds is 3. The van der Waals surface area contributed by atoms with Gasteiger partial charge in [0.25, 0.3) is 0 Å². The number of hydrogen-bond acceptors (Lipinski definition) is 1. The highest BCUT2D eigenvalue weighted by Crippen LogP contribution is 2.48. The minimum absolute atomic E-state index is 0.284. The van der Waals surface area contributed by atoms with Gasteiger partial charge in [0, 0.05) is 0 Å². The summed E-state index contributed by atoms with van der Waals surface area (Å²) >= 11 is 0. The molecule has 1 unspecified atom stereocenters. The topological polar surface area (TPSA) is 37.3 Å². The molecular formula is C15H24O2. The van der Waals surface area contributed by atoms with Crippen molar-refractivity contribution in [3.05, 3.63) is 12.2 Å². The Kier molecular flexibility index (Phi) is 3.90. The largest absolute Gasteiger partial charge is 0.481 e. The molecule has 0 aliphatic heterocycles. The molecule has 2 heteroatoms. The summed E-state index contributed by atoms with van der Waals surface area (Å²) in [6.45, 7) is 2.22. The Hall–Kier alpha value is -0.790. The van der Waals surface area contributed by atoms with Crippen LogP contribution in [0.15, 0.2) is 12.2 Å². The van der Waals surface area contributed by atoms with Crippen LogP contribution in [-0.4, -0.2) is 11.1 Å². The lowest BCUT2D eigenvalue weighted by molar-refractivity contribution is -0.155. The van der Waals surface area contributed by atoms with Gasteiger partial charge < -0.3 is 5.11 Å². The van der Waals surface area contributed by atoms with Crippen molar-refractivity contribution in [2.45, 2.75) is 58.3 Å². The van der Waals surface area contributed by atoms with E-state index in [4.69, 9.17) is 0 Å². The molecule has 2 rings (SSSR count). The van der Waals surface area contributed by atoms with Gasteiger partial charge in [0.2, 0.25) is 0 Å². The van der Waals surface area contributed by atoms with E-state index in [1.54, 1.807) is 0 Å². The molecule has 96 valence electrons. The summed E-state index contributed by atoms with van der Waals surface area (Å²) in [4.78, 5) is 11.7. The van der Waals surface area contributed by atoms with Crippen LogP contribution >= 0.6 is 0 Å². The van der Waals surface area contributed by atoms with Crippen LogP contribution < -0.4 is 0 Å². The first-order valence-corrected chi connectivity index (χ1v) is 7.09. The van der Waals surface area contributed by atoms with E-state index in [9.17, 15) is 9.90 Å². The lowest BCUT2D eigenvalue weighted by Gasteiger charge is -2.42. The first-order valence-electron chi connectivity index (χ1n) is 7.09. The molecule has 17 heavy (non-hydrogen) atoms. The van der Waals surface area contributed by atoms with Crippen LogP contribution in [0.1, 0.15) is 58.3 Å². The van der Waals surface area contributed by atoms with E-state index in [1.807, 2.05) is 0 Å². The van der Waals surface area contributed by atoms with Crippen molar-refractivity contribution in [2.24, 2.45) is 17.3 Å². The first kappa shape index (κ1) is 12.7. The molecule has 1 fully saturated rings. The average molecular weight is 236 g/mol. The standard InChI is InChI=1S/C15H24O2/c1-2-12-8-10-15(11-9-12,14(16)17)13-6-4-3-5-7-13/h4,6,12-13H,2-3,5,7-11H2,1H3,(H,16,17). The molecule has 0 saturated heterocycles.